The zero-order valence-corrected chi connectivity index (χ0v) is 15.7. The molecule has 0 aliphatic rings. The van der Waals surface area contributed by atoms with Crippen LogP contribution in [0, 0.1) is 0 Å². The lowest BCUT2D eigenvalue weighted by atomic mass is 10.4. The van der Waals surface area contributed by atoms with E-state index in [9.17, 15) is 0 Å². The highest BCUT2D eigenvalue weighted by Crippen LogP contribution is 1.98. The van der Waals surface area contributed by atoms with Gasteiger partial charge >= 0.3 is 1.43 Å². The highest BCUT2D eigenvalue weighted by atomic mass is 31.2. The van der Waals surface area contributed by atoms with E-state index in [1.165, 1.54) is 48.2 Å². The third-order valence-electron chi connectivity index (χ3n) is 4.58. The summed E-state index contributed by atoms with van der Waals surface area (Å²) in [6.45, 7) is 21.0. The molecule has 0 amide bonds. The molecule has 126 valence electrons. The third kappa shape index (κ3) is 16.3. The minimum absolute atomic E-state index is 0. The topological polar surface area (TPSA) is 69.2 Å². The van der Waals surface area contributed by atoms with Gasteiger partial charge in [-0.3, -0.25) is 0 Å². The highest BCUT2D eigenvalue weighted by Gasteiger charge is 2.11. The van der Waals surface area contributed by atoms with Crippen LogP contribution in [0.2, 0.25) is 0 Å². The fraction of sp³-hybridized carbons (Fsp3) is 1.00. The van der Waals surface area contributed by atoms with E-state index in [-0.39, 0.29) is 1.43 Å². The maximum Gasteiger partial charge on any atom is 1.00 e. The van der Waals surface area contributed by atoms with E-state index in [0.717, 1.165) is 0 Å². The van der Waals surface area contributed by atoms with Gasteiger partial charge in [-0.25, -0.2) is 0 Å². The van der Waals surface area contributed by atoms with E-state index < -0.39 is 8.60 Å². The van der Waals surface area contributed by atoms with Crippen LogP contribution in [-0.2, 0) is 0 Å². The molecule has 0 bridgehead atoms. The van der Waals surface area contributed by atoms with Gasteiger partial charge < -0.3 is 32.2 Å². The van der Waals surface area contributed by atoms with Gasteiger partial charge in [0, 0.05) is 0 Å². The fourth-order valence-corrected chi connectivity index (χ4v) is 1.34. The quantitative estimate of drug-likeness (QED) is 0.526. The number of hydrogen-bond acceptors (Lipinski definition) is 3. The third-order valence-corrected chi connectivity index (χ3v) is 4.58. The molecule has 0 radical (unpaired) electrons. The summed E-state index contributed by atoms with van der Waals surface area (Å²) in [6, 6.07) is 0. The molecule has 0 N–H and O–H groups in total. The smallest absolute Gasteiger partial charge is 0.854 e. The minimum Gasteiger partial charge on any atom is -0.854 e. The summed E-state index contributed by atoms with van der Waals surface area (Å²) in [4.78, 5) is 25.4. The van der Waals surface area contributed by atoms with Crippen molar-refractivity contribution >= 4 is 8.60 Å². The summed E-state index contributed by atoms with van der Waals surface area (Å²) >= 11 is 0. The van der Waals surface area contributed by atoms with E-state index in [1.807, 2.05) is 0 Å². The molecule has 0 saturated carbocycles. The zero-order chi connectivity index (χ0) is 16.8. The Hall–Kier alpha value is 0.230. The van der Waals surface area contributed by atoms with Crippen LogP contribution in [0.5, 0.6) is 0 Å². The maximum absolute atomic E-state index is 8.48. The first kappa shape index (κ1) is 25.2. The van der Waals surface area contributed by atoms with Crippen LogP contribution in [-0.4, -0.2) is 62.3 Å². The average molecular weight is 312 g/mol. The zero-order valence-electron chi connectivity index (χ0n) is 15.8. The van der Waals surface area contributed by atoms with Gasteiger partial charge in [-0.2, -0.15) is 0 Å². The Balaban J connectivity index is -0.000000107. The van der Waals surface area contributed by atoms with E-state index in [0.29, 0.717) is 0 Å². The summed E-state index contributed by atoms with van der Waals surface area (Å²) in [6.07, 6.45) is 0. The van der Waals surface area contributed by atoms with Crippen LogP contribution < -0.4 is 14.7 Å². The molecule has 20 heavy (non-hydrogen) atoms. The fourth-order valence-electron chi connectivity index (χ4n) is 1.34. The van der Waals surface area contributed by atoms with Crippen molar-refractivity contribution < 1.29 is 25.1 Å². The number of hydrogen-bond donors (Lipinski definition) is 0. The van der Waals surface area contributed by atoms with Gasteiger partial charge in [0.15, 0.2) is 0 Å². The van der Waals surface area contributed by atoms with E-state index >= 15 is 0 Å². The van der Waals surface area contributed by atoms with Crippen molar-refractivity contribution in [3.63, 3.8) is 0 Å². The van der Waals surface area contributed by atoms with Crippen LogP contribution >= 0.6 is 8.60 Å². The summed E-state index contributed by atoms with van der Waals surface area (Å²) in [5.74, 6) is 0. The van der Waals surface area contributed by atoms with Crippen LogP contribution in [0.15, 0.2) is 0 Å². The SMILES string of the molecule is CC[N+](C)(CC)CC.CC[N+](C)(CC)CC.[H+].[O-]P([O-])[O-]. The van der Waals surface area contributed by atoms with Crippen molar-refractivity contribution in [2.24, 2.45) is 0 Å². The molecule has 0 rings (SSSR count). The Kier molecular flexibility index (Phi) is 17.9. The summed E-state index contributed by atoms with van der Waals surface area (Å²) in [7, 11) is 1.21. The molecule has 0 aliphatic heterocycles. The van der Waals surface area contributed by atoms with Crippen molar-refractivity contribution in [3.05, 3.63) is 0 Å². The van der Waals surface area contributed by atoms with Crippen LogP contribution in [0.25, 0.3) is 0 Å². The number of nitrogens with zero attached hydrogens (tertiary/aromatic N) is 2. The average Bonchev–Trinajstić information content (AvgIpc) is 2.45. The molecule has 6 heteroatoms. The van der Waals surface area contributed by atoms with Gasteiger partial charge in [-0.1, -0.05) is 0 Å². The van der Waals surface area contributed by atoms with Crippen molar-refractivity contribution in [3.8, 4) is 0 Å². The molecule has 5 nitrogen and oxygen atoms in total. The largest absolute Gasteiger partial charge is 1.00 e. The molecule has 0 aliphatic carbocycles. The predicted octanol–water partition coefficient (Wildman–Crippen LogP) is 0.392. The molecular weight excluding hydrogens is 275 g/mol. The Morgan fingerprint density at radius 3 is 0.700 bits per heavy atom. The molecule has 0 fully saturated rings. The second-order valence-corrected chi connectivity index (χ2v) is 5.81. The van der Waals surface area contributed by atoms with E-state index in [1.54, 1.807) is 0 Å². The molecule has 0 aromatic rings. The Morgan fingerprint density at radius 1 is 0.600 bits per heavy atom. The van der Waals surface area contributed by atoms with Crippen LogP contribution in [0.3, 0.4) is 0 Å². The first-order chi connectivity index (χ1) is 9.10. The molecule has 0 aromatic heterocycles. The first-order valence-corrected chi connectivity index (χ1v) is 8.68. The van der Waals surface area contributed by atoms with Gasteiger partial charge in [0.25, 0.3) is 0 Å². The lowest BCUT2D eigenvalue weighted by Gasteiger charge is -2.39. The first-order valence-electron chi connectivity index (χ1n) is 7.58. The van der Waals surface area contributed by atoms with Gasteiger partial charge in [0.2, 0.25) is 0 Å². The summed E-state index contributed by atoms with van der Waals surface area (Å²) in [5, 5.41) is 0. The second kappa shape index (κ2) is 14.2. The lowest BCUT2D eigenvalue weighted by molar-refractivity contribution is -0.904. The van der Waals surface area contributed by atoms with Crippen molar-refractivity contribution in [1.82, 2.24) is 0 Å². The molecule has 0 atom stereocenters. The van der Waals surface area contributed by atoms with Crippen LogP contribution in [0.4, 0.5) is 0 Å². The van der Waals surface area contributed by atoms with Gasteiger partial charge in [-0.05, 0) is 41.5 Å². The maximum atomic E-state index is 8.48. The van der Waals surface area contributed by atoms with E-state index in [2.05, 4.69) is 55.6 Å². The number of rotatable bonds is 6. The number of quaternary nitrogens is 2. The Morgan fingerprint density at radius 2 is 0.700 bits per heavy atom. The Labute approximate surface area is 129 Å². The standard InChI is InChI=1S/2C7H18N.O3P/c2*1-5-8(4,6-2)7-3;1-4(2)3/h2*5-7H2,1-4H3;/q2*+1;-3/p+1. The molecule has 0 spiro atoms. The highest BCUT2D eigenvalue weighted by molar-refractivity contribution is 7.33. The molecule has 0 saturated heterocycles. The molecular formula is C14H37N2O3P. The molecule has 0 heterocycles. The van der Waals surface area contributed by atoms with Crippen molar-refractivity contribution in [2.75, 3.05) is 53.4 Å². The minimum atomic E-state index is -3.37. The van der Waals surface area contributed by atoms with Crippen molar-refractivity contribution in [2.45, 2.75) is 41.5 Å². The monoisotopic (exact) mass is 312 g/mol. The normalized spacial score (nSPS) is 11.4. The summed E-state index contributed by atoms with van der Waals surface area (Å²) < 4.78 is 2.42. The van der Waals surface area contributed by atoms with Gasteiger partial charge in [0.1, 0.15) is 0 Å². The van der Waals surface area contributed by atoms with Gasteiger partial charge in [0.05, 0.1) is 53.4 Å². The lowest BCUT2D eigenvalue weighted by Crippen LogP contribution is -2.42. The molecule has 0 unspecified atom stereocenters. The second-order valence-electron chi connectivity index (χ2n) is 5.36. The molecule has 0 aromatic carbocycles. The predicted molar refractivity (Wildman–Crippen MR) is 83.6 cm³/mol. The van der Waals surface area contributed by atoms with E-state index in [4.69, 9.17) is 14.7 Å². The van der Waals surface area contributed by atoms with Crippen molar-refractivity contribution in [1.29, 1.82) is 0 Å². The Bertz CT molecular complexity index is 165. The summed E-state index contributed by atoms with van der Waals surface area (Å²) in [5.41, 5.74) is 0. The van der Waals surface area contributed by atoms with Gasteiger partial charge in [-0.15, -0.1) is 0 Å². The van der Waals surface area contributed by atoms with Crippen LogP contribution in [0.1, 0.15) is 43.0 Å².